The van der Waals surface area contributed by atoms with E-state index in [2.05, 4.69) is 41.4 Å². The van der Waals surface area contributed by atoms with Gasteiger partial charge in [0.1, 0.15) is 0 Å². The van der Waals surface area contributed by atoms with Gasteiger partial charge in [-0.25, -0.2) is 0 Å². The lowest BCUT2D eigenvalue weighted by atomic mass is 10.0. The second-order valence-electron chi connectivity index (χ2n) is 5.02. The number of hydrogen-bond donors (Lipinski definition) is 2. The molecule has 4 rings (SSSR count). The number of fused-ring (bicyclic) bond motifs is 2. The van der Waals surface area contributed by atoms with Crippen LogP contribution in [0, 0.1) is 0 Å². The highest BCUT2D eigenvalue weighted by Crippen LogP contribution is 2.34. The molecule has 0 radical (unpaired) electrons. The molecule has 0 saturated carbocycles. The molecular formula is C18H14N2. The molecular weight excluding hydrogens is 244 g/mol. The predicted molar refractivity (Wildman–Crippen MR) is 85.7 cm³/mol. The van der Waals surface area contributed by atoms with Gasteiger partial charge in [0, 0.05) is 27.8 Å². The first-order valence-electron chi connectivity index (χ1n) is 6.68. The molecule has 2 nitrogen and oxygen atoms in total. The molecule has 0 atom stereocenters. The summed E-state index contributed by atoms with van der Waals surface area (Å²) in [5, 5.41) is 3.59. The zero-order valence-electron chi connectivity index (χ0n) is 10.9. The van der Waals surface area contributed by atoms with Crippen LogP contribution >= 0.6 is 0 Å². The number of nitrogen functional groups attached to an aromatic ring is 1. The Balaban J connectivity index is 2.08. The lowest BCUT2D eigenvalue weighted by molar-refractivity contribution is 1.46. The number of para-hydroxylation sites is 1. The molecule has 0 fully saturated rings. The summed E-state index contributed by atoms with van der Waals surface area (Å²) in [4.78, 5) is 3.46. The van der Waals surface area contributed by atoms with Crippen LogP contribution in [0.15, 0.2) is 66.7 Å². The largest absolute Gasteiger partial charge is 0.398 e. The van der Waals surface area contributed by atoms with Crippen molar-refractivity contribution in [1.82, 2.24) is 4.98 Å². The molecule has 4 aromatic rings. The van der Waals surface area contributed by atoms with E-state index in [1.165, 1.54) is 16.2 Å². The third-order valence-electron chi connectivity index (χ3n) is 3.76. The third-order valence-corrected chi connectivity index (χ3v) is 3.76. The quantitative estimate of drug-likeness (QED) is 0.482. The Morgan fingerprint density at radius 3 is 2.35 bits per heavy atom. The molecule has 0 aliphatic heterocycles. The van der Waals surface area contributed by atoms with Crippen molar-refractivity contribution in [3.63, 3.8) is 0 Å². The fraction of sp³-hybridized carbons (Fsp3) is 0. The van der Waals surface area contributed by atoms with Gasteiger partial charge in [-0.2, -0.15) is 0 Å². The van der Waals surface area contributed by atoms with E-state index < -0.39 is 0 Å². The molecule has 20 heavy (non-hydrogen) atoms. The zero-order chi connectivity index (χ0) is 13.5. The molecule has 3 N–H and O–H groups in total. The molecule has 0 aliphatic rings. The zero-order valence-corrected chi connectivity index (χ0v) is 10.9. The maximum absolute atomic E-state index is 6.22. The lowest BCUT2D eigenvalue weighted by Crippen LogP contribution is -1.91. The Labute approximate surface area is 116 Å². The maximum atomic E-state index is 6.22. The van der Waals surface area contributed by atoms with E-state index in [-0.39, 0.29) is 0 Å². The Kier molecular flexibility index (Phi) is 2.30. The Morgan fingerprint density at radius 2 is 1.50 bits per heavy atom. The summed E-state index contributed by atoms with van der Waals surface area (Å²) in [6.07, 6.45) is 0. The van der Waals surface area contributed by atoms with Gasteiger partial charge in [-0.1, -0.05) is 48.5 Å². The van der Waals surface area contributed by atoms with Crippen LogP contribution < -0.4 is 5.73 Å². The number of aromatic nitrogens is 1. The molecule has 1 aromatic heterocycles. The Hall–Kier alpha value is -2.74. The molecule has 3 aromatic carbocycles. The van der Waals surface area contributed by atoms with Crippen molar-refractivity contribution >= 4 is 27.4 Å². The Morgan fingerprint density at radius 1 is 0.750 bits per heavy atom. The van der Waals surface area contributed by atoms with E-state index >= 15 is 0 Å². The molecule has 0 amide bonds. The summed E-state index contributed by atoms with van der Waals surface area (Å²) in [5.41, 5.74) is 10.3. The van der Waals surface area contributed by atoms with Crippen LogP contribution in [0.4, 0.5) is 5.69 Å². The van der Waals surface area contributed by atoms with Gasteiger partial charge in [-0.3, -0.25) is 0 Å². The average Bonchev–Trinajstić information content (AvgIpc) is 2.90. The number of nitrogens with two attached hydrogens (primary N) is 1. The first-order valence-corrected chi connectivity index (χ1v) is 6.68. The van der Waals surface area contributed by atoms with Crippen molar-refractivity contribution in [2.24, 2.45) is 0 Å². The first-order chi connectivity index (χ1) is 9.83. The van der Waals surface area contributed by atoms with Crippen LogP contribution in [0.1, 0.15) is 0 Å². The third kappa shape index (κ3) is 1.58. The van der Waals surface area contributed by atoms with Gasteiger partial charge < -0.3 is 10.7 Å². The molecule has 0 aliphatic carbocycles. The van der Waals surface area contributed by atoms with Crippen LogP contribution in [0.3, 0.4) is 0 Å². The molecule has 1 heterocycles. The number of rotatable bonds is 1. The molecule has 0 bridgehead atoms. The van der Waals surface area contributed by atoms with Crippen molar-refractivity contribution in [3.05, 3.63) is 66.7 Å². The number of hydrogen-bond acceptors (Lipinski definition) is 1. The molecule has 0 saturated heterocycles. The SMILES string of the molecule is Nc1ccc2ccccc2c1-c1cc2ccccc2[nH]1. The fourth-order valence-electron chi connectivity index (χ4n) is 2.80. The van der Waals surface area contributed by atoms with E-state index in [9.17, 15) is 0 Å². The highest BCUT2D eigenvalue weighted by Gasteiger charge is 2.10. The molecule has 0 spiro atoms. The van der Waals surface area contributed by atoms with Crippen LogP contribution in [0.2, 0.25) is 0 Å². The van der Waals surface area contributed by atoms with E-state index in [1.807, 2.05) is 30.3 Å². The van der Waals surface area contributed by atoms with Gasteiger partial charge in [-0.15, -0.1) is 0 Å². The van der Waals surface area contributed by atoms with Crippen LogP contribution in [0.25, 0.3) is 32.9 Å². The topological polar surface area (TPSA) is 41.8 Å². The highest BCUT2D eigenvalue weighted by molar-refractivity contribution is 6.03. The fourth-order valence-corrected chi connectivity index (χ4v) is 2.80. The summed E-state index contributed by atoms with van der Waals surface area (Å²) in [5.74, 6) is 0. The van der Waals surface area contributed by atoms with Crippen molar-refractivity contribution in [2.45, 2.75) is 0 Å². The van der Waals surface area contributed by atoms with Crippen molar-refractivity contribution in [2.75, 3.05) is 5.73 Å². The Bertz CT molecular complexity index is 886. The van der Waals surface area contributed by atoms with E-state index in [4.69, 9.17) is 5.73 Å². The number of aromatic amines is 1. The smallest absolute Gasteiger partial charge is 0.0491 e. The van der Waals surface area contributed by atoms with Crippen LogP contribution in [-0.4, -0.2) is 4.98 Å². The van der Waals surface area contributed by atoms with Gasteiger partial charge >= 0.3 is 0 Å². The summed E-state index contributed by atoms with van der Waals surface area (Å²) < 4.78 is 0. The minimum atomic E-state index is 0.801. The number of benzene rings is 3. The second kappa shape index (κ2) is 4.14. The van der Waals surface area contributed by atoms with Gasteiger partial charge in [0.2, 0.25) is 0 Å². The summed E-state index contributed by atoms with van der Waals surface area (Å²) in [6.45, 7) is 0. The highest BCUT2D eigenvalue weighted by atomic mass is 14.7. The molecule has 0 unspecified atom stereocenters. The van der Waals surface area contributed by atoms with Crippen molar-refractivity contribution in [1.29, 1.82) is 0 Å². The van der Waals surface area contributed by atoms with Gasteiger partial charge in [0.05, 0.1) is 0 Å². The van der Waals surface area contributed by atoms with E-state index in [1.54, 1.807) is 0 Å². The van der Waals surface area contributed by atoms with Crippen molar-refractivity contribution < 1.29 is 0 Å². The standard InChI is InChI=1S/C18H14N2/c19-15-10-9-12-5-1-3-7-14(12)18(15)17-11-13-6-2-4-8-16(13)20-17/h1-11,20H,19H2. The lowest BCUT2D eigenvalue weighted by Gasteiger charge is -2.08. The summed E-state index contributed by atoms with van der Waals surface area (Å²) in [7, 11) is 0. The van der Waals surface area contributed by atoms with Crippen LogP contribution in [-0.2, 0) is 0 Å². The van der Waals surface area contributed by atoms with Gasteiger partial charge in [0.25, 0.3) is 0 Å². The minimum absolute atomic E-state index is 0.801. The predicted octanol–water partition coefficient (Wildman–Crippen LogP) is 4.57. The number of anilines is 1. The molecule has 96 valence electrons. The summed E-state index contributed by atoms with van der Waals surface area (Å²) in [6, 6.07) is 22.8. The minimum Gasteiger partial charge on any atom is -0.398 e. The first kappa shape index (κ1) is 11.1. The normalized spacial score (nSPS) is 11.2. The monoisotopic (exact) mass is 258 g/mol. The maximum Gasteiger partial charge on any atom is 0.0491 e. The van der Waals surface area contributed by atoms with Crippen LogP contribution in [0.5, 0.6) is 0 Å². The van der Waals surface area contributed by atoms with E-state index in [0.29, 0.717) is 0 Å². The second-order valence-corrected chi connectivity index (χ2v) is 5.02. The van der Waals surface area contributed by atoms with Gasteiger partial charge in [0.15, 0.2) is 0 Å². The molecule has 2 heteroatoms. The average molecular weight is 258 g/mol. The van der Waals surface area contributed by atoms with Crippen molar-refractivity contribution in [3.8, 4) is 11.3 Å². The number of H-pyrrole nitrogens is 1. The van der Waals surface area contributed by atoms with E-state index in [0.717, 1.165) is 22.5 Å². The number of nitrogens with one attached hydrogen (secondary N) is 1. The van der Waals surface area contributed by atoms with Gasteiger partial charge in [-0.05, 0) is 29.0 Å². The summed E-state index contributed by atoms with van der Waals surface area (Å²) >= 11 is 0.